The number of benzene rings is 2. The summed E-state index contributed by atoms with van der Waals surface area (Å²) in [6, 6.07) is 14.8. The van der Waals surface area contributed by atoms with Crippen LogP contribution in [0.25, 0.3) is 0 Å². The quantitative estimate of drug-likeness (QED) is 0.752. The molecule has 2 atom stereocenters. The van der Waals surface area contributed by atoms with Gasteiger partial charge in [-0.25, -0.2) is 13.1 Å². The summed E-state index contributed by atoms with van der Waals surface area (Å²) in [5, 5.41) is 0. The summed E-state index contributed by atoms with van der Waals surface area (Å²) in [6.45, 7) is 2.54. The predicted octanol–water partition coefficient (Wildman–Crippen LogP) is 2.06. The molecule has 0 bridgehead atoms. The largest absolute Gasteiger partial charge is 0.369 e. The molecular weight excluding hydrogens is 390 g/mol. The van der Waals surface area contributed by atoms with Gasteiger partial charge in [0.2, 0.25) is 15.9 Å². The Balaban J connectivity index is 1.77. The van der Waals surface area contributed by atoms with E-state index in [2.05, 4.69) is 4.72 Å². The third-order valence-electron chi connectivity index (χ3n) is 5.13. The summed E-state index contributed by atoms with van der Waals surface area (Å²) >= 11 is 0. The number of carbonyl (C=O) groups excluding carboxylic acids is 2. The molecule has 1 aliphatic rings. The zero-order valence-electron chi connectivity index (χ0n) is 16.2. The number of hydrogen-bond donors (Lipinski definition) is 2. The number of amides is 2. The monoisotopic (exact) mass is 415 g/mol. The minimum absolute atomic E-state index is 0.0228. The standard InChI is InChI=1S/C21H25N3O4S/c1-15(16-7-3-2-4-8-16)23-29(27,28)19-11-5-9-17(13-19)21(26)24-12-6-10-18(14-24)20(22)25/h2-5,7-9,11,13,15,18,23H,6,10,12,14H2,1H3,(H2,22,25). The highest BCUT2D eigenvalue weighted by atomic mass is 32.2. The molecule has 0 aromatic heterocycles. The first kappa shape index (κ1) is 21.0. The van der Waals surface area contributed by atoms with Crippen LogP contribution in [-0.4, -0.2) is 38.2 Å². The zero-order chi connectivity index (χ0) is 21.0. The molecule has 0 radical (unpaired) electrons. The molecule has 2 unspecified atom stereocenters. The molecule has 3 rings (SSSR count). The first-order valence-corrected chi connectivity index (χ1v) is 11.0. The Kier molecular flexibility index (Phi) is 6.34. The first-order chi connectivity index (χ1) is 13.8. The number of carbonyl (C=O) groups is 2. The van der Waals surface area contributed by atoms with Crippen molar-refractivity contribution in [1.82, 2.24) is 9.62 Å². The van der Waals surface area contributed by atoms with E-state index in [9.17, 15) is 18.0 Å². The second kappa shape index (κ2) is 8.75. The Bertz CT molecular complexity index is 992. The van der Waals surface area contributed by atoms with Gasteiger partial charge in [-0.15, -0.1) is 0 Å². The average molecular weight is 416 g/mol. The van der Waals surface area contributed by atoms with Gasteiger partial charge >= 0.3 is 0 Å². The molecule has 3 N–H and O–H groups in total. The van der Waals surface area contributed by atoms with Crippen molar-refractivity contribution in [2.75, 3.05) is 13.1 Å². The van der Waals surface area contributed by atoms with Crippen LogP contribution in [0.5, 0.6) is 0 Å². The molecule has 1 saturated heterocycles. The first-order valence-electron chi connectivity index (χ1n) is 9.54. The summed E-state index contributed by atoms with van der Waals surface area (Å²) in [6.07, 6.45) is 1.35. The fourth-order valence-corrected chi connectivity index (χ4v) is 4.76. The Morgan fingerprint density at radius 3 is 2.55 bits per heavy atom. The van der Waals surface area contributed by atoms with Crippen LogP contribution >= 0.6 is 0 Å². The molecule has 0 saturated carbocycles. The van der Waals surface area contributed by atoms with Gasteiger partial charge < -0.3 is 10.6 Å². The van der Waals surface area contributed by atoms with E-state index in [4.69, 9.17) is 5.73 Å². The molecule has 7 nitrogen and oxygen atoms in total. The van der Waals surface area contributed by atoms with Gasteiger partial charge in [0, 0.05) is 24.7 Å². The molecule has 154 valence electrons. The topological polar surface area (TPSA) is 110 Å². The molecule has 8 heteroatoms. The number of nitrogens with zero attached hydrogens (tertiary/aromatic N) is 1. The summed E-state index contributed by atoms with van der Waals surface area (Å²) in [4.78, 5) is 25.9. The van der Waals surface area contributed by atoms with Crippen molar-refractivity contribution in [3.63, 3.8) is 0 Å². The maximum atomic E-state index is 12.8. The molecule has 2 aromatic rings. The maximum absolute atomic E-state index is 12.8. The minimum Gasteiger partial charge on any atom is -0.369 e. The third kappa shape index (κ3) is 5.02. The van der Waals surface area contributed by atoms with Crippen molar-refractivity contribution in [2.45, 2.75) is 30.7 Å². The van der Waals surface area contributed by atoms with Crippen LogP contribution in [0.4, 0.5) is 0 Å². The number of piperidine rings is 1. The SMILES string of the molecule is CC(NS(=O)(=O)c1cccc(C(=O)N2CCCC(C(N)=O)C2)c1)c1ccccc1. The smallest absolute Gasteiger partial charge is 0.253 e. The summed E-state index contributed by atoms with van der Waals surface area (Å²) in [5.41, 5.74) is 6.49. The zero-order valence-corrected chi connectivity index (χ0v) is 17.1. The molecule has 29 heavy (non-hydrogen) atoms. The maximum Gasteiger partial charge on any atom is 0.253 e. The van der Waals surface area contributed by atoms with Crippen molar-refractivity contribution in [3.8, 4) is 0 Å². The van der Waals surface area contributed by atoms with E-state index in [-0.39, 0.29) is 28.8 Å². The van der Waals surface area contributed by atoms with E-state index in [1.807, 2.05) is 30.3 Å². The molecule has 1 aliphatic heterocycles. The van der Waals surface area contributed by atoms with Gasteiger partial charge in [-0.2, -0.15) is 0 Å². The van der Waals surface area contributed by atoms with Crippen LogP contribution in [0.1, 0.15) is 41.7 Å². The lowest BCUT2D eigenvalue weighted by molar-refractivity contribution is -0.123. The van der Waals surface area contributed by atoms with Crippen molar-refractivity contribution in [2.24, 2.45) is 11.7 Å². The van der Waals surface area contributed by atoms with E-state index in [0.29, 0.717) is 19.4 Å². The van der Waals surface area contributed by atoms with Crippen LogP contribution in [0.3, 0.4) is 0 Å². The number of rotatable bonds is 6. The van der Waals surface area contributed by atoms with E-state index in [1.165, 1.54) is 12.1 Å². The number of hydrogen-bond acceptors (Lipinski definition) is 4. The molecular formula is C21H25N3O4S. The Hall–Kier alpha value is -2.71. The van der Waals surface area contributed by atoms with Gasteiger partial charge in [0.1, 0.15) is 0 Å². The fourth-order valence-electron chi connectivity index (χ4n) is 3.48. The second-order valence-electron chi connectivity index (χ2n) is 7.27. The Labute approximate surface area is 171 Å². The Morgan fingerprint density at radius 2 is 1.86 bits per heavy atom. The lowest BCUT2D eigenvalue weighted by atomic mass is 9.97. The third-order valence-corrected chi connectivity index (χ3v) is 6.67. The van der Waals surface area contributed by atoms with Gasteiger partial charge in [0.25, 0.3) is 5.91 Å². The van der Waals surface area contributed by atoms with E-state index < -0.39 is 22.0 Å². The normalized spacial score (nSPS) is 18.2. The predicted molar refractivity (Wildman–Crippen MR) is 109 cm³/mol. The number of nitrogens with one attached hydrogen (secondary N) is 1. The number of sulfonamides is 1. The van der Waals surface area contributed by atoms with Crippen LogP contribution in [-0.2, 0) is 14.8 Å². The van der Waals surface area contributed by atoms with Gasteiger partial charge in [0.15, 0.2) is 0 Å². The highest BCUT2D eigenvalue weighted by Gasteiger charge is 2.28. The summed E-state index contributed by atoms with van der Waals surface area (Å²) < 4.78 is 28.3. The summed E-state index contributed by atoms with van der Waals surface area (Å²) in [5.74, 6) is -1.09. The molecule has 2 aromatic carbocycles. The van der Waals surface area contributed by atoms with Crippen molar-refractivity contribution >= 4 is 21.8 Å². The van der Waals surface area contributed by atoms with Crippen LogP contribution < -0.4 is 10.5 Å². The molecule has 0 aliphatic carbocycles. The summed E-state index contributed by atoms with van der Waals surface area (Å²) in [7, 11) is -3.81. The van der Waals surface area contributed by atoms with E-state index in [1.54, 1.807) is 24.0 Å². The van der Waals surface area contributed by atoms with Gasteiger partial charge in [-0.05, 0) is 43.5 Å². The van der Waals surface area contributed by atoms with Crippen molar-refractivity contribution in [3.05, 3.63) is 65.7 Å². The van der Waals surface area contributed by atoms with Gasteiger partial charge in [-0.1, -0.05) is 36.4 Å². The van der Waals surface area contributed by atoms with Gasteiger partial charge in [0.05, 0.1) is 10.8 Å². The van der Waals surface area contributed by atoms with Crippen LogP contribution in [0.15, 0.2) is 59.5 Å². The van der Waals surface area contributed by atoms with E-state index in [0.717, 1.165) is 5.56 Å². The van der Waals surface area contributed by atoms with Crippen LogP contribution in [0, 0.1) is 5.92 Å². The molecule has 2 amide bonds. The fraction of sp³-hybridized carbons (Fsp3) is 0.333. The molecule has 1 heterocycles. The highest BCUT2D eigenvalue weighted by Crippen LogP contribution is 2.21. The minimum atomic E-state index is -3.81. The lowest BCUT2D eigenvalue weighted by Gasteiger charge is -2.31. The Morgan fingerprint density at radius 1 is 1.14 bits per heavy atom. The average Bonchev–Trinajstić information content (AvgIpc) is 2.73. The number of likely N-dealkylation sites (tertiary alicyclic amines) is 1. The van der Waals surface area contributed by atoms with Crippen molar-refractivity contribution in [1.29, 1.82) is 0 Å². The highest BCUT2D eigenvalue weighted by molar-refractivity contribution is 7.89. The molecule has 0 spiro atoms. The van der Waals surface area contributed by atoms with E-state index >= 15 is 0 Å². The number of primary amides is 1. The van der Waals surface area contributed by atoms with Crippen molar-refractivity contribution < 1.29 is 18.0 Å². The van der Waals surface area contributed by atoms with Gasteiger partial charge in [-0.3, -0.25) is 9.59 Å². The molecule has 1 fully saturated rings. The van der Waals surface area contributed by atoms with Crippen LogP contribution in [0.2, 0.25) is 0 Å². The lowest BCUT2D eigenvalue weighted by Crippen LogP contribution is -2.44. The number of nitrogens with two attached hydrogens (primary N) is 1. The second-order valence-corrected chi connectivity index (χ2v) is 8.99.